The number of rotatable bonds is 4. The van der Waals surface area contributed by atoms with Gasteiger partial charge in [-0.1, -0.05) is 0 Å². The highest BCUT2D eigenvalue weighted by Gasteiger charge is 2.42. The van der Waals surface area contributed by atoms with E-state index >= 15 is 0 Å². The molecule has 0 spiro atoms. The van der Waals surface area contributed by atoms with Gasteiger partial charge in [-0.3, -0.25) is 4.79 Å². The molecule has 3 unspecified atom stereocenters. The van der Waals surface area contributed by atoms with E-state index in [4.69, 9.17) is 4.74 Å². The van der Waals surface area contributed by atoms with Gasteiger partial charge in [0.1, 0.15) is 4.47 Å². The fourth-order valence-electron chi connectivity index (χ4n) is 3.48. The summed E-state index contributed by atoms with van der Waals surface area (Å²) in [5, 5.41) is 7.74. The molecule has 2 aliphatic heterocycles. The number of nitrogens with one attached hydrogen (secondary N) is 1. The smallest absolute Gasteiger partial charge is 0.283 e. The molecule has 2 aliphatic rings. The van der Waals surface area contributed by atoms with Crippen LogP contribution >= 0.6 is 15.9 Å². The Kier molecular flexibility index (Phi) is 4.33. The number of ether oxygens (including phenoxy) is 1. The molecular weight excluding hydrogens is 336 g/mol. The molecule has 1 aromatic rings. The first kappa shape index (κ1) is 15.0. The lowest BCUT2D eigenvalue weighted by molar-refractivity contribution is 0.181. The van der Waals surface area contributed by atoms with Gasteiger partial charge in [0, 0.05) is 32.8 Å². The molecule has 0 aliphatic carbocycles. The number of fused-ring (bicyclic) bond motifs is 1. The van der Waals surface area contributed by atoms with Crippen LogP contribution in [0.5, 0.6) is 0 Å². The van der Waals surface area contributed by atoms with E-state index in [0.29, 0.717) is 35.5 Å². The van der Waals surface area contributed by atoms with E-state index < -0.39 is 0 Å². The molecule has 116 valence electrons. The third-order valence-electron chi connectivity index (χ3n) is 4.72. The van der Waals surface area contributed by atoms with Crippen molar-refractivity contribution >= 4 is 21.6 Å². The van der Waals surface area contributed by atoms with Gasteiger partial charge < -0.3 is 15.0 Å². The number of aromatic nitrogens is 2. The molecule has 0 aromatic carbocycles. The molecule has 1 aromatic heterocycles. The monoisotopic (exact) mass is 356 g/mol. The summed E-state index contributed by atoms with van der Waals surface area (Å²) in [7, 11) is 1.62. The highest BCUT2D eigenvalue weighted by molar-refractivity contribution is 9.10. The zero-order valence-corrected chi connectivity index (χ0v) is 14.0. The second-order valence-corrected chi connectivity index (χ2v) is 6.63. The van der Waals surface area contributed by atoms with Crippen molar-refractivity contribution in [2.24, 2.45) is 11.8 Å². The van der Waals surface area contributed by atoms with Gasteiger partial charge >= 0.3 is 0 Å². The summed E-state index contributed by atoms with van der Waals surface area (Å²) in [5.41, 5.74) is 0.822. The van der Waals surface area contributed by atoms with Gasteiger partial charge in [-0.05, 0) is 34.7 Å². The van der Waals surface area contributed by atoms with Crippen LogP contribution in [-0.4, -0.2) is 49.2 Å². The molecule has 7 heteroatoms. The Balaban J connectivity index is 1.86. The molecule has 2 fully saturated rings. The average molecular weight is 357 g/mol. The van der Waals surface area contributed by atoms with Crippen molar-refractivity contribution < 1.29 is 4.74 Å². The summed E-state index contributed by atoms with van der Waals surface area (Å²) >= 11 is 3.47. The number of halogens is 1. The van der Waals surface area contributed by atoms with Gasteiger partial charge in [0.2, 0.25) is 0 Å². The largest absolute Gasteiger partial charge is 0.383 e. The average Bonchev–Trinajstić information content (AvgIpc) is 3.04. The second-order valence-electron chi connectivity index (χ2n) is 5.84. The molecule has 3 heterocycles. The van der Waals surface area contributed by atoms with E-state index in [-0.39, 0.29) is 5.56 Å². The maximum absolute atomic E-state index is 12.4. The number of anilines is 1. The Bertz CT molecular complexity index is 577. The van der Waals surface area contributed by atoms with Gasteiger partial charge in [-0.25, -0.2) is 4.68 Å². The quantitative estimate of drug-likeness (QED) is 0.860. The van der Waals surface area contributed by atoms with E-state index in [0.717, 1.165) is 25.3 Å². The summed E-state index contributed by atoms with van der Waals surface area (Å²) in [6.07, 6.45) is 1.80. The highest BCUT2D eigenvalue weighted by Crippen LogP contribution is 2.37. The highest BCUT2D eigenvalue weighted by atomic mass is 79.9. The zero-order chi connectivity index (χ0) is 15.0. The van der Waals surface area contributed by atoms with Crippen molar-refractivity contribution in [3.8, 4) is 0 Å². The Morgan fingerprint density at radius 2 is 2.33 bits per heavy atom. The van der Waals surface area contributed by atoms with Crippen LogP contribution in [0.1, 0.15) is 6.92 Å². The number of hydrogen-bond donors (Lipinski definition) is 1. The van der Waals surface area contributed by atoms with E-state index in [2.05, 4.69) is 38.2 Å². The van der Waals surface area contributed by atoms with Crippen molar-refractivity contribution in [1.29, 1.82) is 0 Å². The van der Waals surface area contributed by atoms with Crippen LogP contribution in [0.15, 0.2) is 15.5 Å². The Morgan fingerprint density at radius 1 is 1.52 bits per heavy atom. The molecule has 1 N–H and O–H groups in total. The van der Waals surface area contributed by atoms with Gasteiger partial charge in [-0.2, -0.15) is 5.10 Å². The van der Waals surface area contributed by atoms with Crippen molar-refractivity contribution in [1.82, 2.24) is 15.1 Å². The minimum absolute atomic E-state index is 0.0908. The Labute approximate surface area is 132 Å². The molecule has 0 amide bonds. The summed E-state index contributed by atoms with van der Waals surface area (Å²) in [6, 6.07) is 0.428. The van der Waals surface area contributed by atoms with Crippen molar-refractivity contribution in [3.63, 3.8) is 0 Å². The van der Waals surface area contributed by atoms with Gasteiger partial charge in [-0.15, -0.1) is 0 Å². The first-order chi connectivity index (χ1) is 10.1. The number of methoxy groups -OCH3 is 1. The van der Waals surface area contributed by atoms with Crippen LogP contribution < -0.4 is 15.8 Å². The van der Waals surface area contributed by atoms with Crippen molar-refractivity contribution in [2.45, 2.75) is 19.5 Å². The van der Waals surface area contributed by atoms with Crippen molar-refractivity contribution in [3.05, 3.63) is 21.0 Å². The molecule has 21 heavy (non-hydrogen) atoms. The van der Waals surface area contributed by atoms with E-state index in [1.165, 1.54) is 4.68 Å². The fourth-order valence-corrected chi connectivity index (χ4v) is 4.01. The lowest BCUT2D eigenvalue weighted by Gasteiger charge is -2.27. The molecule has 3 atom stereocenters. The SMILES string of the molecule is COCCn1ncc(N2CC3CNCC3C2C)c(Br)c1=O. The Hall–Kier alpha value is -0.920. The first-order valence-corrected chi connectivity index (χ1v) is 8.14. The third kappa shape index (κ3) is 2.62. The van der Waals surface area contributed by atoms with Gasteiger partial charge in [0.25, 0.3) is 5.56 Å². The summed E-state index contributed by atoms with van der Waals surface area (Å²) in [4.78, 5) is 14.7. The minimum atomic E-state index is -0.0908. The van der Waals surface area contributed by atoms with Gasteiger partial charge in [0.15, 0.2) is 0 Å². The van der Waals surface area contributed by atoms with Crippen LogP contribution in [0.2, 0.25) is 0 Å². The second kappa shape index (κ2) is 6.06. The van der Waals surface area contributed by atoms with Gasteiger partial charge in [0.05, 0.1) is 25.0 Å². The summed E-state index contributed by atoms with van der Waals surface area (Å²) in [6.45, 7) is 6.31. The summed E-state index contributed by atoms with van der Waals surface area (Å²) < 4.78 is 7.06. The maximum Gasteiger partial charge on any atom is 0.283 e. The predicted molar refractivity (Wildman–Crippen MR) is 84.7 cm³/mol. The zero-order valence-electron chi connectivity index (χ0n) is 12.4. The lowest BCUT2D eigenvalue weighted by Crippen LogP contribution is -2.35. The lowest BCUT2D eigenvalue weighted by atomic mass is 9.95. The van der Waals surface area contributed by atoms with Crippen LogP contribution in [0.3, 0.4) is 0 Å². The molecule has 3 rings (SSSR count). The predicted octanol–water partition coefficient (Wildman–Crippen LogP) is 0.696. The van der Waals surface area contributed by atoms with Crippen molar-refractivity contribution in [2.75, 3.05) is 38.3 Å². The third-order valence-corrected chi connectivity index (χ3v) is 5.46. The summed E-state index contributed by atoms with van der Waals surface area (Å²) in [5.74, 6) is 1.33. The first-order valence-electron chi connectivity index (χ1n) is 7.35. The Morgan fingerprint density at radius 3 is 3.05 bits per heavy atom. The number of nitrogens with zero attached hydrogens (tertiary/aromatic N) is 3. The van der Waals surface area contributed by atoms with E-state index in [1.54, 1.807) is 13.3 Å². The molecule has 0 saturated carbocycles. The van der Waals surface area contributed by atoms with E-state index in [1.807, 2.05) is 0 Å². The minimum Gasteiger partial charge on any atom is -0.383 e. The molecule has 0 radical (unpaired) electrons. The fraction of sp³-hybridized carbons (Fsp3) is 0.714. The van der Waals surface area contributed by atoms with Crippen LogP contribution in [0.4, 0.5) is 5.69 Å². The van der Waals surface area contributed by atoms with E-state index in [9.17, 15) is 4.79 Å². The van der Waals surface area contributed by atoms with Crippen LogP contribution in [0, 0.1) is 11.8 Å². The van der Waals surface area contributed by atoms with Crippen LogP contribution in [0.25, 0.3) is 0 Å². The normalized spacial score (nSPS) is 28.1. The number of hydrogen-bond acceptors (Lipinski definition) is 5. The standard InChI is InChI=1S/C14H21BrN4O2/c1-9-11-6-16-5-10(11)8-18(9)12-7-17-19(3-4-21-2)14(20)13(12)15/h7,9-11,16H,3-6,8H2,1-2H3. The molecular formula is C14H21BrN4O2. The maximum atomic E-state index is 12.4. The topological polar surface area (TPSA) is 59.4 Å². The molecule has 2 saturated heterocycles. The molecule has 0 bridgehead atoms. The van der Waals surface area contributed by atoms with Crippen LogP contribution in [-0.2, 0) is 11.3 Å². The molecule has 6 nitrogen and oxygen atoms in total.